The smallest absolute Gasteiger partial charge is 0.222 e. The lowest BCUT2D eigenvalue weighted by molar-refractivity contribution is -0.134. The number of carbonyl (C=O) groups is 1. The van der Waals surface area contributed by atoms with Crippen LogP contribution in [0.15, 0.2) is 0 Å². The minimum Gasteiger partial charge on any atom is -0.384 e. The number of nitrogens with zero attached hydrogens (tertiary/aromatic N) is 4. The largest absolute Gasteiger partial charge is 0.384 e. The first-order valence-corrected chi connectivity index (χ1v) is 11.9. The maximum Gasteiger partial charge on any atom is 0.222 e. The van der Waals surface area contributed by atoms with Crippen molar-refractivity contribution in [2.24, 2.45) is 11.3 Å². The lowest BCUT2D eigenvalue weighted by atomic mass is 9.72. The molecule has 1 amide bonds. The van der Waals surface area contributed by atoms with Crippen LogP contribution in [-0.4, -0.2) is 52.4 Å². The number of aryl methyl sites for hydroxylation is 1. The van der Waals surface area contributed by atoms with Gasteiger partial charge in [-0.1, -0.05) is 32.1 Å². The quantitative estimate of drug-likeness (QED) is 0.727. The molecule has 0 atom stereocenters. The number of likely N-dealkylation sites (tertiary alicyclic amines) is 1. The second-order valence-electron chi connectivity index (χ2n) is 9.60. The molecule has 1 aliphatic carbocycles. The second kappa shape index (κ2) is 9.59. The first-order valence-electron chi connectivity index (χ1n) is 11.9. The van der Waals surface area contributed by atoms with Crippen molar-refractivity contribution >= 4 is 5.91 Å². The number of methoxy groups -OCH3 is 1. The van der Waals surface area contributed by atoms with E-state index in [9.17, 15) is 4.79 Å². The topological polar surface area (TPSA) is 60.3 Å². The number of hydrogen-bond acceptors (Lipinski definition) is 4. The van der Waals surface area contributed by atoms with Gasteiger partial charge in [-0.2, -0.15) is 0 Å². The Kier molecular flexibility index (Phi) is 6.88. The number of aromatic nitrogens is 3. The molecule has 0 bridgehead atoms. The Morgan fingerprint density at radius 3 is 2.59 bits per heavy atom. The molecule has 3 heterocycles. The highest BCUT2D eigenvalue weighted by atomic mass is 16.5. The highest BCUT2D eigenvalue weighted by molar-refractivity contribution is 5.76. The molecule has 29 heavy (non-hydrogen) atoms. The zero-order valence-corrected chi connectivity index (χ0v) is 18.2. The summed E-state index contributed by atoms with van der Waals surface area (Å²) in [6.45, 7) is 3.60. The third-order valence-electron chi connectivity index (χ3n) is 7.85. The molecular formula is C23H38N4O2. The van der Waals surface area contributed by atoms with E-state index in [1.165, 1.54) is 44.9 Å². The molecule has 0 unspecified atom stereocenters. The van der Waals surface area contributed by atoms with Crippen molar-refractivity contribution in [3.8, 4) is 0 Å². The third-order valence-corrected chi connectivity index (χ3v) is 7.85. The van der Waals surface area contributed by atoms with Crippen molar-refractivity contribution < 1.29 is 9.53 Å². The Balaban J connectivity index is 1.26. The number of rotatable bonds is 6. The van der Waals surface area contributed by atoms with E-state index in [0.29, 0.717) is 17.9 Å². The molecule has 0 radical (unpaired) electrons. The molecule has 1 saturated carbocycles. The van der Waals surface area contributed by atoms with Crippen molar-refractivity contribution in [3.63, 3.8) is 0 Å². The molecule has 6 heteroatoms. The highest BCUT2D eigenvalue weighted by Gasteiger charge is 2.37. The Bertz CT molecular complexity index is 672. The van der Waals surface area contributed by atoms with Crippen LogP contribution < -0.4 is 0 Å². The van der Waals surface area contributed by atoms with Crippen LogP contribution in [0.2, 0.25) is 0 Å². The molecule has 0 N–H and O–H groups in total. The van der Waals surface area contributed by atoms with Gasteiger partial charge in [0.05, 0.1) is 6.61 Å². The van der Waals surface area contributed by atoms with Crippen LogP contribution in [0.3, 0.4) is 0 Å². The molecule has 2 fully saturated rings. The van der Waals surface area contributed by atoms with Gasteiger partial charge >= 0.3 is 0 Å². The number of fused-ring (bicyclic) bond motifs is 1. The van der Waals surface area contributed by atoms with Crippen molar-refractivity contribution in [3.05, 3.63) is 11.6 Å². The summed E-state index contributed by atoms with van der Waals surface area (Å²) in [6.07, 6.45) is 15.2. The molecular weight excluding hydrogens is 364 g/mol. The van der Waals surface area contributed by atoms with Gasteiger partial charge < -0.3 is 14.2 Å². The van der Waals surface area contributed by atoms with Crippen LogP contribution in [-0.2, 0) is 28.9 Å². The molecule has 6 nitrogen and oxygen atoms in total. The molecule has 162 valence electrons. The predicted octanol–water partition coefficient (Wildman–Crippen LogP) is 3.77. The number of ether oxygens (including phenoxy) is 1. The van der Waals surface area contributed by atoms with Gasteiger partial charge in [0.15, 0.2) is 0 Å². The normalized spacial score (nSPS) is 22.4. The van der Waals surface area contributed by atoms with E-state index in [-0.39, 0.29) is 0 Å². The van der Waals surface area contributed by atoms with Crippen LogP contribution in [0.5, 0.6) is 0 Å². The predicted molar refractivity (Wildman–Crippen MR) is 113 cm³/mol. The summed E-state index contributed by atoms with van der Waals surface area (Å²) in [6, 6.07) is 0. The number of hydrogen-bond donors (Lipinski definition) is 0. The Labute approximate surface area is 175 Å². The molecule has 1 saturated heterocycles. The fraction of sp³-hybridized carbons (Fsp3) is 0.870. The van der Waals surface area contributed by atoms with E-state index in [2.05, 4.69) is 19.7 Å². The van der Waals surface area contributed by atoms with E-state index in [1.54, 1.807) is 7.11 Å². The van der Waals surface area contributed by atoms with E-state index < -0.39 is 0 Å². The van der Waals surface area contributed by atoms with Gasteiger partial charge in [-0.3, -0.25) is 4.79 Å². The fourth-order valence-electron chi connectivity index (χ4n) is 5.74. The molecule has 1 spiro atoms. The first kappa shape index (κ1) is 20.8. The average Bonchev–Trinajstić information content (AvgIpc) is 3.07. The van der Waals surface area contributed by atoms with Crippen LogP contribution in [0, 0.1) is 11.3 Å². The molecule has 4 rings (SSSR count). The van der Waals surface area contributed by atoms with Crippen LogP contribution >= 0.6 is 0 Å². The van der Waals surface area contributed by atoms with Crippen molar-refractivity contribution in [1.82, 2.24) is 19.7 Å². The van der Waals surface area contributed by atoms with Gasteiger partial charge in [0.1, 0.15) is 11.6 Å². The monoisotopic (exact) mass is 402 g/mol. The Morgan fingerprint density at radius 1 is 1.07 bits per heavy atom. The average molecular weight is 403 g/mol. The summed E-state index contributed by atoms with van der Waals surface area (Å²) in [5.41, 5.74) is 0.374. The molecule has 1 aromatic rings. The summed E-state index contributed by atoms with van der Waals surface area (Å²) >= 11 is 0. The molecule has 0 aromatic carbocycles. The maximum absolute atomic E-state index is 12.8. The summed E-state index contributed by atoms with van der Waals surface area (Å²) in [4.78, 5) is 14.9. The van der Waals surface area contributed by atoms with Gasteiger partial charge in [0.2, 0.25) is 5.91 Å². The molecule has 1 aromatic heterocycles. The summed E-state index contributed by atoms with van der Waals surface area (Å²) < 4.78 is 7.55. The minimum atomic E-state index is 0.374. The highest BCUT2D eigenvalue weighted by Crippen LogP contribution is 2.42. The van der Waals surface area contributed by atoms with Crippen LogP contribution in [0.4, 0.5) is 0 Å². The van der Waals surface area contributed by atoms with Gasteiger partial charge in [-0.25, -0.2) is 0 Å². The van der Waals surface area contributed by atoms with Crippen molar-refractivity contribution in [2.45, 2.75) is 90.0 Å². The summed E-state index contributed by atoms with van der Waals surface area (Å²) in [5, 5.41) is 8.84. The standard InChI is InChI=1S/C23H38N4O2/c1-29-18-10-21-25-24-20-9-11-23(14-17-27(20)21)12-15-26(16-13-23)22(28)8-7-19-5-3-2-4-6-19/h19H,2-18H2,1H3. The zero-order valence-electron chi connectivity index (χ0n) is 18.2. The lowest BCUT2D eigenvalue weighted by Gasteiger charge is -2.41. The number of amides is 1. The summed E-state index contributed by atoms with van der Waals surface area (Å²) in [7, 11) is 1.74. The lowest BCUT2D eigenvalue weighted by Crippen LogP contribution is -2.43. The van der Waals surface area contributed by atoms with Gasteiger partial charge in [0, 0.05) is 46.0 Å². The third kappa shape index (κ3) is 5.01. The summed E-state index contributed by atoms with van der Waals surface area (Å²) in [5.74, 6) is 3.40. The molecule has 3 aliphatic rings. The maximum atomic E-state index is 12.8. The van der Waals surface area contributed by atoms with Crippen LogP contribution in [0.1, 0.15) is 82.3 Å². The SMILES string of the molecule is COCCc1nnc2n1CCC1(CC2)CCN(C(=O)CCC2CCCCC2)CC1. The Hall–Kier alpha value is -1.43. The number of carbonyl (C=O) groups excluding carboxylic acids is 1. The molecule has 2 aliphatic heterocycles. The van der Waals surface area contributed by atoms with Gasteiger partial charge in [0.25, 0.3) is 0 Å². The van der Waals surface area contributed by atoms with Crippen LogP contribution in [0.25, 0.3) is 0 Å². The van der Waals surface area contributed by atoms with E-state index in [1.807, 2.05) is 0 Å². The minimum absolute atomic E-state index is 0.374. The van der Waals surface area contributed by atoms with E-state index in [4.69, 9.17) is 4.74 Å². The second-order valence-corrected chi connectivity index (χ2v) is 9.60. The fourth-order valence-corrected chi connectivity index (χ4v) is 5.74. The zero-order chi connectivity index (χ0) is 20.1. The first-order chi connectivity index (χ1) is 14.2. The van der Waals surface area contributed by atoms with Gasteiger partial charge in [-0.15, -0.1) is 10.2 Å². The Morgan fingerprint density at radius 2 is 1.83 bits per heavy atom. The number of piperidine rings is 1. The van der Waals surface area contributed by atoms with E-state index >= 15 is 0 Å². The van der Waals surface area contributed by atoms with Crippen molar-refractivity contribution in [1.29, 1.82) is 0 Å². The van der Waals surface area contributed by atoms with Gasteiger partial charge in [-0.05, 0) is 43.4 Å². The van der Waals surface area contributed by atoms with E-state index in [0.717, 1.165) is 75.7 Å². The van der Waals surface area contributed by atoms with Crippen molar-refractivity contribution in [2.75, 3.05) is 26.8 Å².